The molecule has 2 heterocycles. The van der Waals surface area contributed by atoms with E-state index in [9.17, 15) is 9.59 Å². The van der Waals surface area contributed by atoms with Gasteiger partial charge in [-0.1, -0.05) is 41.4 Å². The van der Waals surface area contributed by atoms with Gasteiger partial charge in [0.1, 0.15) is 5.69 Å². The number of nitrogens with zero attached hydrogens (tertiary/aromatic N) is 2. The number of anilines is 1. The third-order valence-corrected chi connectivity index (χ3v) is 6.61. The van der Waals surface area contributed by atoms with Crippen molar-refractivity contribution in [1.82, 2.24) is 14.8 Å². The number of benzene rings is 3. The third-order valence-electron chi connectivity index (χ3n) is 6.38. The molecule has 5 rings (SSSR count). The van der Waals surface area contributed by atoms with Crippen molar-refractivity contribution in [3.05, 3.63) is 100 Å². The van der Waals surface area contributed by atoms with Gasteiger partial charge in [0.15, 0.2) is 0 Å². The third kappa shape index (κ3) is 5.39. The van der Waals surface area contributed by atoms with Crippen molar-refractivity contribution in [2.45, 2.75) is 13.5 Å². The summed E-state index contributed by atoms with van der Waals surface area (Å²) in [6.45, 7) is 5.61. The summed E-state index contributed by atoms with van der Waals surface area (Å²) < 4.78 is 0. The van der Waals surface area contributed by atoms with Crippen LogP contribution in [0.3, 0.4) is 0 Å². The standard InChI is InChI=1S/C28H27ClN4O2/c1-19-5-8-24(9-6-19)30-27(34)21-4-2-3-20(15-21)18-32-11-13-33(14-12-32)28(35)26-17-22-16-23(29)7-10-25(22)31-26/h2-10,15-17,31H,11-14,18H2,1H3,(H,30,34). The Labute approximate surface area is 209 Å². The van der Waals surface area contributed by atoms with E-state index in [2.05, 4.69) is 15.2 Å². The van der Waals surface area contributed by atoms with Crippen LogP contribution in [0.4, 0.5) is 5.69 Å². The highest BCUT2D eigenvalue weighted by Gasteiger charge is 2.23. The zero-order valence-corrected chi connectivity index (χ0v) is 20.3. The van der Waals surface area contributed by atoms with Crippen LogP contribution in [0.15, 0.2) is 72.8 Å². The minimum Gasteiger partial charge on any atom is -0.351 e. The molecule has 0 atom stereocenters. The highest BCUT2D eigenvalue weighted by Crippen LogP contribution is 2.21. The summed E-state index contributed by atoms with van der Waals surface area (Å²) in [5.41, 5.74) is 5.14. The van der Waals surface area contributed by atoms with Crippen LogP contribution >= 0.6 is 11.6 Å². The second-order valence-electron chi connectivity index (χ2n) is 9.00. The SMILES string of the molecule is Cc1ccc(NC(=O)c2cccc(CN3CCN(C(=O)c4cc5cc(Cl)ccc5[nH]4)CC3)c2)cc1. The van der Waals surface area contributed by atoms with Gasteiger partial charge in [0.2, 0.25) is 0 Å². The number of H-pyrrole nitrogens is 1. The van der Waals surface area contributed by atoms with Crippen molar-refractivity contribution in [1.29, 1.82) is 0 Å². The molecule has 0 spiro atoms. The highest BCUT2D eigenvalue weighted by molar-refractivity contribution is 6.31. The van der Waals surface area contributed by atoms with Gasteiger partial charge in [0.25, 0.3) is 11.8 Å². The van der Waals surface area contributed by atoms with Crippen molar-refractivity contribution in [3.8, 4) is 0 Å². The molecule has 1 aliphatic heterocycles. The smallest absolute Gasteiger partial charge is 0.270 e. The van der Waals surface area contributed by atoms with Gasteiger partial charge in [0.05, 0.1) is 0 Å². The van der Waals surface area contributed by atoms with Gasteiger partial charge in [-0.2, -0.15) is 0 Å². The summed E-state index contributed by atoms with van der Waals surface area (Å²) in [6.07, 6.45) is 0. The molecule has 7 heteroatoms. The highest BCUT2D eigenvalue weighted by atomic mass is 35.5. The first-order chi connectivity index (χ1) is 16.9. The number of aromatic nitrogens is 1. The fourth-order valence-electron chi connectivity index (χ4n) is 4.41. The van der Waals surface area contributed by atoms with Crippen LogP contribution in [0.1, 0.15) is 32.0 Å². The van der Waals surface area contributed by atoms with Gasteiger partial charge < -0.3 is 15.2 Å². The lowest BCUT2D eigenvalue weighted by Crippen LogP contribution is -2.48. The summed E-state index contributed by atoms with van der Waals surface area (Å²) in [6, 6.07) is 22.9. The maximum absolute atomic E-state index is 13.0. The average Bonchev–Trinajstić information content (AvgIpc) is 3.29. The molecule has 0 saturated carbocycles. The molecule has 2 N–H and O–H groups in total. The second kappa shape index (κ2) is 9.94. The topological polar surface area (TPSA) is 68.4 Å². The maximum Gasteiger partial charge on any atom is 0.270 e. The number of fused-ring (bicyclic) bond motifs is 1. The first kappa shape index (κ1) is 23.1. The molecular weight excluding hydrogens is 460 g/mol. The number of aryl methyl sites for hydroxylation is 1. The number of nitrogens with one attached hydrogen (secondary N) is 2. The Morgan fingerprint density at radius 1 is 0.943 bits per heavy atom. The summed E-state index contributed by atoms with van der Waals surface area (Å²) in [5, 5.41) is 4.55. The Morgan fingerprint density at radius 2 is 1.71 bits per heavy atom. The lowest BCUT2D eigenvalue weighted by Gasteiger charge is -2.34. The lowest BCUT2D eigenvalue weighted by atomic mass is 10.1. The van der Waals surface area contributed by atoms with Crippen molar-refractivity contribution in [2.75, 3.05) is 31.5 Å². The minimum absolute atomic E-state index is 0.00625. The monoisotopic (exact) mass is 486 g/mol. The van der Waals surface area contributed by atoms with Gasteiger partial charge in [-0.15, -0.1) is 0 Å². The molecule has 1 aromatic heterocycles. The number of carbonyl (C=O) groups excluding carboxylic acids is 2. The van der Waals surface area contributed by atoms with Gasteiger partial charge in [0, 0.05) is 59.9 Å². The van der Waals surface area contributed by atoms with Crippen LogP contribution in [-0.2, 0) is 6.54 Å². The molecule has 0 bridgehead atoms. The van der Waals surface area contributed by atoms with Crippen molar-refractivity contribution in [2.24, 2.45) is 0 Å². The fraction of sp³-hybridized carbons (Fsp3) is 0.214. The van der Waals surface area contributed by atoms with E-state index in [4.69, 9.17) is 11.6 Å². The van der Waals surface area contributed by atoms with Gasteiger partial charge >= 0.3 is 0 Å². The zero-order valence-electron chi connectivity index (χ0n) is 19.6. The number of halogens is 1. The fourth-order valence-corrected chi connectivity index (χ4v) is 4.59. The molecule has 0 radical (unpaired) electrons. The quantitative estimate of drug-likeness (QED) is 0.400. The van der Waals surface area contributed by atoms with Gasteiger partial charge in [-0.25, -0.2) is 0 Å². The van der Waals surface area contributed by atoms with Crippen LogP contribution < -0.4 is 5.32 Å². The Kier molecular flexibility index (Phi) is 6.57. The Morgan fingerprint density at radius 3 is 2.49 bits per heavy atom. The summed E-state index contributed by atoms with van der Waals surface area (Å²) in [7, 11) is 0. The number of carbonyl (C=O) groups is 2. The van der Waals surface area contributed by atoms with E-state index >= 15 is 0 Å². The van der Waals surface area contributed by atoms with Crippen molar-refractivity contribution < 1.29 is 9.59 Å². The maximum atomic E-state index is 13.0. The van der Waals surface area contributed by atoms with Crippen LogP contribution in [0, 0.1) is 6.92 Å². The zero-order chi connectivity index (χ0) is 24.4. The van der Waals surface area contributed by atoms with Crippen molar-refractivity contribution >= 4 is 40.0 Å². The molecule has 0 aliphatic carbocycles. The molecule has 0 unspecified atom stereocenters. The summed E-state index contributed by atoms with van der Waals surface area (Å²) >= 11 is 6.07. The molecule has 4 aromatic rings. The molecule has 35 heavy (non-hydrogen) atoms. The van der Waals surface area contributed by atoms with Crippen LogP contribution in [0.5, 0.6) is 0 Å². The molecule has 2 amide bonds. The number of hydrogen-bond acceptors (Lipinski definition) is 3. The molecule has 1 aliphatic rings. The summed E-state index contributed by atoms with van der Waals surface area (Å²) in [5.74, 6) is -0.113. The van der Waals surface area contributed by atoms with Crippen LogP contribution in [0.25, 0.3) is 10.9 Å². The molecular formula is C28H27ClN4O2. The normalized spacial score (nSPS) is 14.3. The molecule has 1 fully saturated rings. The summed E-state index contributed by atoms with van der Waals surface area (Å²) in [4.78, 5) is 33.1. The van der Waals surface area contributed by atoms with E-state index in [-0.39, 0.29) is 11.8 Å². The molecule has 178 valence electrons. The number of aromatic amines is 1. The Bertz CT molecular complexity index is 1370. The Hall–Kier alpha value is -3.61. The van der Waals surface area contributed by atoms with E-state index < -0.39 is 0 Å². The van der Waals surface area contributed by atoms with E-state index in [1.807, 2.05) is 84.6 Å². The molecule has 6 nitrogen and oxygen atoms in total. The number of hydrogen-bond donors (Lipinski definition) is 2. The predicted octanol–water partition coefficient (Wildman–Crippen LogP) is 5.34. The lowest BCUT2D eigenvalue weighted by molar-refractivity contribution is 0.0623. The number of piperazine rings is 1. The molecule has 1 saturated heterocycles. The number of rotatable bonds is 5. The van der Waals surface area contributed by atoms with Crippen LogP contribution in [-0.4, -0.2) is 52.8 Å². The second-order valence-corrected chi connectivity index (χ2v) is 9.44. The van der Waals surface area contributed by atoms with E-state index in [1.54, 1.807) is 0 Å². The first-order valence-corrected chi connectivity index (χ1v) is 12.1. The first-order valence-electron chi connectivity index (χ1n) is 11.7. The average molecular weight is 487 g/mol. The minimum atomic E-state index is -0.120. The van der Waals surface area contributed by atoms with Gasteiger partial charge in [-0.3, -0.25) is 14.5 Å². The van der Waals surface area contributed by atoms with E-state index in [1.165, 1.54) is 0 Å². The largest absolute Gasteiger partial charge is 0.351 e. The predicted molar refractivity (Wildman–Crippen MR) is 140 cm³/mol. The van der Waals surface area contributed by atoms with Gasteiger partial charge in [-0.05, 0) is 61.0 Å². The number of amides is 2. The van der Waals surface area contributed by atoms with E-state index in [0.29, 0.717) is 29.4 Å². The molecule has 3 aromatic carbocycles. The van der Waals surface area contributed by atoms with E-state index in [0.717, 1.165) is 47.4 Å². The van der Waals surface area contributed by atoms with Crippen molar-refractivity contribution in [3.63, 3.8) is 0 Å². The Balaban J connectivity index is 1.17. The van der Waals surface area contributed by atoms with Crippen LogP contribution in [0.2, 0.25) is 5.02 Å².